The zero-order valence-electron chi connectivity index (χ0n) is 13.2. The number of carbonyl (C=O) groups is 1. The van der Waals surface area contributed by atoms with Gasteiger partial charge in [0.15, 0.2) is 0 Å². The maximum absolute atomic E-state index is 11.6. The highest BCUT2D eigenvalue weighted by molar-refractivity contribution is 5.93. The van der Waals surface area contributed by atoms with Crippen LogP contribution in [0.25, 0.3) is 0 Å². The number of nitrogens with one attached hydrogen (secondary N) is 1. The van der Waals surface area contributed by atoms with Crippen LogP contribution in [0.3, 0.4) is 0 Å². The molecular formula is C16H26N4O. The van der Waals surface area contributed by atoms with Crippen molar-refractivity contribution in [2.45, 2.75) is 31.3 Å². The monoisotopic (exact) mass is 290 g/mol. The fraction of sp³-hybridized carbons (Fsp3) is 0.562. The predicted octanol–water partition coefficient (Wildman–Crippen LogP) is 1.21. The quantitative estimate of drug-likeness (QED) is 0.469. The molecule has 3 N–H and O–H groups in total. The molecule has 0 aliphatic heterocycles. The van der Waals surface area contributed by atoms with Gasteiger partial charge in [0.25, 0.3) is 5.91 Å². The number of carbonyl (C=O) groups excluding carboxylic acids is 1. The zero-order chi connectivity index (χ0) is 15.5. The molecule has 1 aromatic rings. The molecule has 0 spiro atoms. The Bertz CT molecular complexity index is 497. The highest BCUT2D eigenvalue weighted by Gasteiger charge is 2.39. The summed E-state index contributed by atoms with van der Waals surface area (Å²) in [7, 11) is 6.47. The lowest BCUT2D eigenvalue weighted by molar-refractivity contribution is 0.0259. The maximum Gasteiger partial charge on any atom is 0.265 e. The van der Waals surface area contributed by atoms with Gasteiger partial charge < -0.3 is 9.80 Å². The van der Waals surface area contributed by atoms with Gasteiger partial charge in [0, 0.05) is 24.2 Å². The third-order valence-electron chi connectivity index (χ3n) is 4.57. The van der Waals surface area contributed by atoms with E-state index in [1.807, 2.05) is 18.2 Å². The number of rotatable bonds is 6. The molecule has 0 unspecified atom stereocenters. The van der Waals surface area contributed by atoms with Gasteiger partial charge in [-0.25, -0.2) is 5.84 Å². The molecule has 1 fully saturated rings. The van der Waals surface area contributed by atoms with Gasteiger partial charge in [-0.3, -0.25) is 10.2 Å². The molecule has 0 saturated heterocycles. The number of nitrogens with zero attached hydrogens (tertiary/aromatic N) is 2. The summed E-state index contributed by atoms with van der Waals surface area (Å²) in [6, 6.07) is 7.63. The molecule has 0 aromatic heterocycles. The molecule has 0 heterocycles. The Morgan fingerprint density at radius 3 is 2.57 bits per heavy atom. The molecule has 0 bridgehead atoms. The summed E-state index contributed by atoms with van der Waals surface area (Å²) < 4.78 is 0. The average molecular weight is 290 g/mol. The Balaban J connectivity index is 1.99. The molecule has 1 aliphatic carbocycles. The lowest BCUT2D eigenvalue weighted by atomic mass is 9.75. The number of nitrogen functional groups attached to an aromatic ring is 1. The van der Waals surface area contributed by atoms with Crippen LogP contribution in [-0.2, 0) is 6.54 Å². The summed E-state index contributed by atoms with van der Waals surface area (Å²) in [5.41, 5.74) is 4.23. The molecular weight excluding hydrogens is 264 g/mol. The topological polar surface area (TPSA) is 61.6 Å². The molecule has 0 radical (unpaired) electrons. The van der Waals surface area contributed by atoms with Crippen LogP contribution >= 0.6 is 0 Å². The number of hydrogen-bond donors (Lipinski definition) is 2. The van der Waals surface area contributed by atoms with Crippen molar-refractivity contribution in [1.29, 1.82) is 0 Å². The van der Waals surface area contributed by atoms with Crippen molar-refractivity contribution in [2.75, 3.05) is 27.7 Å². The molecule has 21 heavy (non-hydrogen) atoms. The molecule has 116 valence electrons. The van der Waals surface area contributed by atoms with Gasteiger partial charge in [-0.05, 0) is 58.1 Å². The van der Waals surface area contributed by atoms with E-state index in [1.54, 1.807) is 6.07 Å². The second-order valence-corrected chi connectivity index (χ2v) is 6.32. The van der Waals surface area contributed by atoms with Gasteiger partial charge in [0.2, 0.25) is 0 Å². The van der Waals surface area contributed by atoms with E-state index in [9.17, 15) is 4.79 Å². The van der Waals surface area contributed by atoms with Gasteiger partial charge in [-0.1, -0.05) is 12.1 Å². The minimum absolute atomic E-state index is 0.247. The van der Waals surface area contributed by atoms with Crippen LogP contribution in [0, 0.1) is 0 Å². The smallest absolute Gasteiger partial charge is 0.265 e. The fourth-order valence-electron chi connectivity index (χ4n) is 3.10. The van der Waals surface area contributed by atoms with E-state index in [-0.39, 0.29) is 5.91 Å². The van der Waals surface area contributed by atoms with E-state index in [0.717, 1.165) is 18.7 Å². The van der Waals surface area contributed by atoms with E-state index in [4.69, 9.17) is 5.84 Å². The Hall–Kier alpha value is -1.43. The third kappa shape index (κ3) is 3.61. The van der Waals surface area contributed by atoms with Gasteiger partial charge in [0.05, 0.1) is 0 Å². The first-order valence-electron chi connectivity index (χ1n) is 7.43. The number of hydrazine groups is 1. The van der Waals surface area contributed by atoms with Crippen LogP contribution in [0.5, 0.6) is 0 Å². The Morgan fingerprint density at radius 1 is 1.33 bits per heavy atom. The SMILES string of the molecule is CN(Cc1cccc(C(=O)NN)c1)CC1(N(C)C)CCC1. The van der Waals surface area contributed by atoms with E-state index >= 15 is 0 Å². The number of hydrogen-bond acceptors (Lipinski definition) is 4. The zero-order valence-corrected chi connectivity index (χ0v) is 13.2. The van der Waals surface area contributed by atoms with Crippen LogP contribution < -0.4 is 11.3 Å². The van der Waals surface area contributed by atoms with E-state index in [2.05, 4.69) is 36.4 Å². The van der Waals surface area contributed by atoms with Crippen LogP contribution in [0.4, 0.5) is 0 Å². The number of nitrogens with two attached hydrogens (primary N) is 1. The minimum Gasteiger partial charge on any atom is -0.302 e. The third-order valence-corrected chi connectivity index (χ3v) is 4.57. The predicted molar refractivity (Wildman–Crippen MR) is 84.7 cm³/mol. The minimum atomic E-state index is -0.247. The standard InChI is InChI=1S/C16H26N4O/c1-19(2)16(8-5-9-16)12-20(3)11-13-6-4-7-14(10-13)15(21)18-17/h4,6-7,10H,5,8-9,11-12,17H2,1-3H3,(H,18,21). The van der Waals surface area contributed by atoms with Crippen molar-refractivity contribution in [3.05, 3.63) is 35.4 Å². The summed E-state index contributed by atoms with van der Waals surface area (Å²) in [5.74, 6) is 4.94. The van der Waals surface area contributed by atoms with Crippen molar-refractivity contribution < 1.29 is 4.79 Å². The highest BCUT2D eigenvalue weighted by atomic mass is 16.2. The maximum atomic E-state index is 11.6. The van der Waals surface area contributed by atoms with Gasteiger partial charge in [-0.2, -0.15) is 0 Å². The van der Waals surface area contributed by atoms with Gasteiger partial charge in [-0.15, -0.1) is 0 Å². The second-order valence-electron chi connectivity index (χ2n) is 6.32. The van der Waals surface area contributed by atoms with Crippen LogP contribution in [0.1, 0.15) is 35.2 Å². The fourth-order valence-corrected chi connectivity index (χ4v) is 3.10. The first-order valence-corrected chi connectivity index (χ1v) is 7.43. The van der Waals surface area contributed by atoms with Crippen LogP contribution in [-0.4, -0.2) is 48.9 Å². The lowest BCUT2D eigenvalue weighted by Gasteiger charge is -2.49. The summed E-state index contributed by atoms with van der Waals surface area (Å²) in [4.78, 5) is 16.3. The van der Waals surface area contributed by atoms with E-state index < -0.39 is 0 Å². The number of amides is 1. The molecule has 5 heteroatoms. The van der Waals surface area contributed by atoms with Crippen LogP contribution in [0.2, 0.25) is 0 Å². The summed E-state index contributed by atoms with van der Waals surface area (Å²) in [6.45, 7) is 1.88. The van der Waals surface area contributed by atoms with Crippen LogP contribution in [0.15, 0.2) is 24.3 Å². The van der Waals surface area contributed by atoms with E-state index in [0.29, 0.717) is 11.1 Å². The lowest BCUT2D eigenvalue weighted by Crippen LogP contribution is -2.56. The first-order chi connectivity index (χ1) is 9.97. The molecule has 1 aromatic carbocycles. The molecule has 0 atom stereocenters. The molecule has 2 rings (SSSR count). The Kier molecular flexibility index (Phi) is 4.98. The molecule has 1 saturated carbocycles. The molecule has 5 nitrogen and oxygen atoms in total. The van der Waals surface area contributed by atoms with Crippen molar-refractivity contribution in [3.63, 3.8) is 0 Å². The second kappa shape index (κ2) is 6.56. The van der Waals surface area contributed by atoms with Crippen molar-refractivity contribution in [3.8, 4) is 0 Å². The summed E-state index contributed by atoms with van der Waals surface area (Å²) >= 11 is 0. The van der Waals surface area contributed by atoms with E-state index in [1.165, 1.54) is 19.3 Å². The normalized spacial score (nSPS) is 16.9. The van der Waals surface area contributed by atoms with Crippen molar-refractivity contribution in [1.82, 2.24) is 15.2 Å². The van der Waals surface area contributed by atoms with Gasteiger partial charge in [0.1, 0.15) is 0 Å². The Labute approximate surface area is 127 Å². The van der Waals surface area contributed by atoms with Crippen molar-refractivity contribution >= 4 is 5.91 Å². The van der Waals surface area contributed by atoms with Gasteiger partial charge >= 0.3 is 0 Å². The average Bonchev–Trinajstić information content (AvgIpc) is 2.41. The Morgan fingerprint density at radius 2 is 2.05 bits per heavy atom. The molecule has 1 aliphatic rings. The first kappa shape index (κ1) is 15.9. The summed E-state index contributed by atoms with van der Waals surface area (Å²) in [5, 5.41) is 0. The van der Waals surface area contributed by atoms with Crippen molar-refractivity contribution in [2.24, 2.45) is 5.84 Å². The largest absolute Gasteiger partial charge is 0.302 e. The number of benzene rings is 1. The highest BCUT2D eigenvalue weighted by Crippen LogP contribution is 2.36. The number of likely N-dealkylation sites (N-methyl/N-ethyl adjacent to an activating group) is 2. The molecule has 1 amide bonds. The summed E-state index contributed by atoms with van der Waals surface area (Å²) in [6.07, 6.45) is 3.85.